The molecule has 3 aliphatic rings. The van der Waals surface area contributed by atoms with E-state index in [-0.39, 0.29) is 0 Å². The summed E-state index contributed by atoms with van der Waals surface area (Å²) in [5.74, 6) is 0.991. The van der Waals surface area contributed by atoms with Crippen LogP contribution in [-0.4, -0.2) is 30.1 Å². The Morgan fingerprint density at radius 1 is 1.55 bits per heavy atom. The molecule has 2 nitrogen and oxygen atoms in total. The van der Waals surface area contributed by atoms with Crippen molar-refractivity contribution >= 4 is 0 Å². The molecule has 0 amide bonds. The van der Waals surface area contributed by atoms with Crippen LogP contribution in [0.25, 0.3) is 0 Å². The van der Waals surface area contributed by atoms with Crippen molar-refractivity contribution in [3.05, 3.63) is 0 Å². The Labute approximate surface area is 68.7 Å². The average molecular weight is 154 g/mol. The van der Waals surface area contributed by atoms with E-state index in [4.69, 9.17) is 5.73 Å². The molecule has 0 radical (unpaired) electrons. The first-order valence-corrected chi connectivity index (χ1v) is 4.76. The molecule has 2 aliphatic heterocycles. The van der Waals surface area contributed by atoms with Gasteiger partial charge < -0.3 is 5.73 Å². The van der Waals surface area contributed by atoms with Gasteiger partial charge in [-0.3, -0.25) is 4.90 Å². The van der Waals surface area contributed by atoms with E-state index < -0.39 is 0 Å². The van der Waals surface area contributed by atoms with Gasteiger partial charge in [-0.15, -0.1) is 0 Å². The van der Waals surface area contributed by atoms with Crippen molar-refractivity contribution in [2.45, 2.75) is 31.7 Å². The number of fused-ring (bicyclic) bond motifs is 1. The van der Waals surface area contributed by atoms with Crippen LogP contribution >= 0.6 is 0 Å². The lowest BCUT2D eigenvalue weighted by molar-refractivity contribution is 0.117. The molecule has 2 N–H and O–H groups in total. The van der Waals surface area contributed by atoms with Gasteiger partial charge in [0.1, 0.15) is 0 Å². The molecule has 0 aromatic rings. The summed E-state index contributed by atoms with van der Waals surface area (Å²) in [6.45, 7) is 5.71. The van der Waals surface area contributed by atoms with Gasteiger partial charge in [0.25, 0.3) is 0 Å². The molecule has 3 fully saturated rings. The summed E-state index contributed by atoms with van der Waals surface area (Å²) in [6, 6.07) is 0. The minimum absolute atomic E-state index is 0.459. The number of hydrogen-bond donors (Lipinski definition) is 1. The Hall–Kier alpha value is -0.0800. The summed E-state index contributed by atoms with van der Waals surface area (Å²) in [4.78, 5) is 2.61. The smallest absolute Gasteiger partial charge is 0.0338 e. The van der Waals surface area contributed by atoms with Crippen molar-refractivity contribution in [3.63, 3.8) is 0 Å². The minimum Gasteiger partial charge on any atom is -0.329 e. The van der Waals surface area contributed by atoms with Crippen LogP contribution < -0.4 is 5.73 Å². The van der Waals surface area contributed by atoms with Gasteiger partial charge in [-0.05, 0) is 31.7 Å². The zero-order valence-electron chi connectivity index (χ0n) is 7.34. The van der Waals surface area contributed by atoms with Gasteiger partial charge in [0.05, 0.1) is 0 Å². The topological polar surface area (TPSA) is 29.3 Å². The predicted molar refractivity (Wildman–Crippen MR) is 46.4 cm³/mol. The third-order valence-corrected chi connectivity index (χ3v) is 3.36. The number of nitrogens with zero attached hydrogens (tertiary/aromatic N) is 1. The quantitative estimate of drug-likeness (QED) is 0.652. The second kappa shape index (κ2) is 2.46. The molecular formula is C9H18N2. The molecule has 11 heavy (non-hydrogen) atoms. The molecule has 1 aliphatic carbocycles. The molecular weight excluding hydrogens is 136 g/mol. The molecule has 0 aromatic heterocycles. The molecule has 2 heterocycles. The van der Waals surface area contributed by atoms with E-state index in [9.17, 15) is 0 Å². The number of rotatable bonds is 3. The zero-order chi connectivity index (χ0) is 7.90. The van der Waals surface area contributed by atoms with Gasteiger partial charge in [-0.1, -0.05) is 6.92 Å². The Kier molecular flexibility index (Phi) is 1.69. The predicted octanol–water partition coefficient (Wildman–Crippen LogP) is 0.820. The molecule has 2 heteroatoms. The van der Waals surface area contributed by atoms with Gasteiger partial charge >= 0.3 is 0 Å². The van der Waals surface area contributed by atoms with Crippen LogP contribution in [-0.2, 0) is 0 Å². The molecule has 0 spiro atoms. The molecule has 3 rings (SSSR count). The van der Waals surface area contributed by atoms with Gasteiger partial charge in [0.2, 0.25) is 0 Å². The fraction of sp³-hybridized carbons (Fsp3) is 1.00. The largest absolute Gasteiger partial charge is 0.329 e. The van der Waals surface area contributed by atoms with Gasteiger partial charge in [-0.25, -0.2) is 0 Å². The number of nitrogens with two attached hydrogens (primary N) is 1. The second-order valence-corrected chi connectivity index (χ2v) is 4.15. The first-order chi connectivity index (χ1) is 5.30. The summed E-state index contributed by atoms with van der Waals surface area (Å²) in [5.41, 5.74) is 6.24. The van der Waals surface area contributed by atoms with Crippen LogP contribution in [0.2, 0.25) is 0 Å². The zero-order valence-corrected chi connectivity index (χ0v) is 7.34. The van der Waals surface area contributed by atoms with Crippen molar-refractivity contribution < 1.29 is 0 Å². The lowest BCUT2D eigenvalue weighted by Gasteiger charge is -2.41. The van der Waals surface area contributed by atoms with E-state index in [0.29, 0.717) is 5.54 Å². The second-order valence-electron chi connectivity index (χ2n) is 4.15. The van der Waals surface area contributed by atoms with Crippen molar-refractivity contribution in [1.82, 2.24) is 4.90 Å². The lowest BCUT2D eigenvalue weighted by atomic mass is 9.73. The first-order valence-electron chi connectivity index (χ1n) is 4.76. The maximum Gasteiger partial charge on any atom is 0.0338 e. The van der Waals surface area contributed by atoms with E-state index in [0.717, 1.165) is 12.5 Å². The monoisotopic (exact) mass is 154 g/mol. The summed E-state index contributed by atoms with van der Waals surface area (Å²) in [7, 11) is 0. The van der Waals surface area contributed by atoms with Crippen molar-refractivity contribution in [2.75, 3.05) is 19.6 Å². The standard InChI is InChI=1S/C9H18N2/c1-2-3-11-6-8-4-9(11,5-8)7-10/h8H,2-7,10H2,1H3. The minimum atomic E-state index is 0.459. The van der Waals surface area contributed by atoms with E-state index in [1.807, 2.05) is 0 Å². The number of hydrogen-bond acceptors (Lipinski definition) is 2. The SMILES string of the molecule is CCCN1CC2CC1(CN)C2. The van der Waals surface area contributed by atoms with Crippen molar-refractivity contribution in [1.29, 1.82) is 0 Å². The normalized spacial score (nSPS) is 42.5. The van der Waals surface area contributed by atoms with Crippen LogP contribution in [0.4, 0.5) is 0 Å². The van der Waals surface area contributed by atoms with Crippen LogP contribution in [0, 0.1) is 5.92 Å². The summed E-state index contributed by atoms with van der Waals surface area (Å²) in [6.07, 6.45) is 4.03. The summed E-state index contributed by atoms with van der Waals surface area (Å²) in [5, 5.41) is 0. The highest BCUT2D eigenvalue weighted by atomic mass is 15.3. The van der Waals surface area contributed by atoms with Crippen molar-refractivity contribution in [2.24, 2.45) is 11.7 Å². The van der Waals surface area contributed by atoms with Crippen LogP contribution in [0.15, 0.2) is 0 Å². The fourth-order valence-corrected chi connectivity index (χ4v) is 2.80. The molecule has 0 aromatic carbocycles. The average Bonchev–Trinajstić information content (AvgIpc) is 2.41. The third kappa shape index (κ3) is 0.926. The van der Waals surface area contributed by atoms with Crippen molar-refractivity contribution in [3.8, 4) is 0 Å². The van der Waals surface area contributed by atoms with Gasteiger partial charge in [0, 0.05) is 18.6 Å². The van der Waals surface area contributed by atoms with Gasteiger partial charge in [-0.2, -0.15) is 0 Å². The fourth-order valence-electron chi connectivity index (χ4n) is 2.80. The van der Waals surface area contributed by atoms with Crippen LogP contribution in [0.3, 0.4) is 0 Å². The highest BCUT2D eigenvalue weighted by Crippen LogP contribution is 2.49. The molecule has 2 bridgehead atoms. The van der Waals surface area contributed by atoms with Gasteiger partial charge in [0.15, 0.2) is 0 Å². The molecule has 0 unspecified atom stereocenters. The molecule has 64 valence electrons. The van der Waals surface area contributed by atoms with Crippen LogP contribution in [0.1, 0.15) is 26.2 Å². The maximum atomic E-state index is 5.78. The molecule has 2 saturated heterocycles. The highest BCUT2D eigenvalue weighted by molar-refractivity contribution is 5.10. The summed E-state index contributed by atoms with van der Waals surface area (Å²) < 4.78 is 0. The Morgan fingerprint density at radius 3 is 2.82 bits per heavy atom. The highest BCUT2D eigenvalue weighted by Gasteiger charge is 2.54. The molecule has 1 saturated carbocycles. The Balaban J connectivity index is 2.00. The Morgan fingerprint density at radius 2 is 2.27 bits per heavy atom. The first kappa shape index (κ1) is 7.56. The Bertz CT molecular complexity index is 150. The maximum absolute atomic E-state index is 5.78. The van der Waals surface area contributed by atoms with E-state index in [1.165, 1.54) is 32.4 Å². The van der Waals surface area contributed by atoms with E-state index in [1.54, 1.807) is 0 Å². The third-order valence-electron chi connectivity index (χ3n) is 3.36. The molecule has 0 atom stereocenters. The van der Waals surface area contributed by atoms with Crippen LogP contribution in [0.5, 0.6) is 0 Å². The van der Waals surface area contributed by atoms with E-state index in [2.05, 4.69) is 11.8 Å². The lowest BCUT2D eigenvalue weighted by Crippen LogP contribution is -2.51. The summed E-state index contributed by atoms with van der Waals surface area (Å²) >= 11 is 0. The van der Waals surface area contributed by atoms with E-state index >= 15 is 0 Å².